The molecule has 1 heterocycles. The zero-order chi connectivity index (χ0) is 10.1. The molecule has 0 N–H and O–H groups in total. The summed E-state index contributed by atoms with van der Waals surface area (Å²) in [4.78, 5) is 0. The number of halogens is 2. The SMILES string of the molecule is C[C@H]1OC2(C[C@@H]3[C@H](C2)C3(Br)Br)O[C@@H]1C. The van der Waals surface area contributed by atoms with Crippen LogP contribution in [-0.4, -0.2) is 21.2 Å². The average Bonchev–Trinajstić information content (AvgIpc) is 2.51. The van der Waals surface area contributed by atoms with E-state index in [1.807, 2.05) is 0 Å². The fraction of sp³-hybridized carbons (Fsp3) is 1.00. The Morgan fingerprint density at radius 3 is 1.86 bits per heavy atom. The Morgan fingerprint density at radius 1 is 1.00 bits per heavy atom. The van der Waals surface area contributed by atoms with Gasteiger partial charge in [-0.15, -0.1) is 0 Å². The van der Waals surface area contributed by atoms with E-state index >= 15 is 0 Å². The maximum atomic E-state index is 5.95. The molecule has 3 rings (SSSR count). The van der Waals surface area contributed by atoms with Crippen molar-refractivity contribution in [3.8, 4) is 0 Å². The van der Waals surface area contributed by atoms with Crippen LogP contribution in [0.1, 0.15) is 26.7 Å². The van der Waals surface area contributed by atoms with Crippen molar-refractivity contribution in [3.05, 3.63) is 0 Å². The molecule has 4 atom stereocenters. The number of hydrogen-bond donors (Lipinski definition) is 0. The van der Waals surface area contributed by atoms with Crippen molar-refractivity contribution in [1.29, 1.82) is 0 Å². The van der Waals surface area contributed by atoms with E-state index in [9.17, 15) is 0 Å². The summed E-state index contributed by atoms with van der Waals surface area (Å²) in [5.74, 6) is 1.11. The summed E-state index contributed by atoms with van der Waals surface area (Å²) in [5.41, 5.74) is 0. The van der Waals surface area contributed by atoms with Gasteiger partial charge in [-0.3, -0.25) is 0 Å². The third-order valence-corrected chi connectivity index (χ3v) is 6.24. The molecule has 0 bridgehead atoms. The van der Waals surface area contributed by atoms with Gasteiger partial charge in [0.15, 0.2) is 5.79 Å². The number of rotatable bonds is 0. The zero-order valence-corrected chi connectivity index (χ0v) is 11.5. The first-order valence-electron chi connectivity index (χ1n) is 5.18. The molecule has 0 aromatic rings. The Hall–Kier alpha value is 0.880. The highest BCUT2D eigenvalue weighted by molar-refractivity contribution is 9.25. The molecule has 14 heavy (non-hydrogen) atoms. The average molecular weight is 326 g/mol. The van der Waals surface area contributed by atoms with Crippen molar-refractivity contribution in [2.75, 3.05) is 0 Å². The third kappa shape index (κ3) is 1.20. The van der Waals surface area contributed by atoms with Crippen LogP contribution in [-0.2, 0) is 9.47 Å². The Balaban J connectivity index is 1.74. The maximum Gasteiger partial charge on any atom is 0.169 e. The highest BCUT2D eigenvalue weighted by Gasteiger charge is 2.72. The lowest BCUT2D eigenvalue weighted by atomic mass is 10.1. The highest BCUT2D eigenvalue weighted by atomic mass is 79.9. The minimum Gasteiger partial charge on any atom is -0.344 e. The number of hydrogen-bond acceptors (Lipinski definition) is 2. The van der Waals surface area contributed by atoms with Gasteiger partial charge in [-0.25, -0.2) is 0 Å². The van der Waals surface area contributed by atoms with Gasteiger partial charge in [0.25, 0.3) is 0 Å². The molecule has 0 aromatic heterocycles. The van der Waals surface area contributed by atoms with E-state index in [2.05, 4.69) is 45.7 Å². The molecule has 0 aromatic carbocycles. The van der Waals surface area contributed by atoms with Gasteiger partial charge in [0.1, 0.15) is 0 Å². The van der Waals surface area contributed by atoms with E-state index in [-0.39, 0.29) is 21.2 Å². The smallest absolute Gasteiger partial charge is 0.169 e. The van der Waals surface area contributed by atoms with Crippen LogP contribution in [0.4, 0.5) is 0 Å². The topological polar surface area (TPSA) is 18.5 Å². The standard InChI is InChI=1S/C10H14Br2O2/c1-5-6(2)14-9(13-5)3-7-8(4-9)10(7,11)12/h5-8H,3-4H2,1-2H3/t5-,6-,7-,8+/m1/s1. The first kappa shape index (κ1) is 10.1. The van der Waals surface area contributed by atoms with Crippen molar-refractivity contribution in [2.24, 2.45) is 11.8 Å². The quantitative estimate of drug-likeness (QED) is 0.637. The molecule has 2 nitrogen and oxygen atoms in total. The first-order chi connectivity index (χ1) is 6.45. The second-order valence-corrected chi connectivity index (χ2v) is 8.54. The molecular weight excluding hydrogens is 312 g/mol. The molecule has 0 amide bonds. The molecule has 2 aliphatic carbocycles. The van der Waals surface area contributed by atoms with E-state index < -0.39 is 0 Å². The van der Waals surface area contributed by atoms with Gasteiger partial charge in [0.05, 0.1) is 15.4 Å². The van der Waals surface area contributed by atoms with Crippen molar-refractivity contribution < 1.29 is 9.47 Å². The summed E-state index contributed by atoms with van der Waals surface area (Å²) in [5, 5.41) is 0. The molecule has 1 aliphatic heterocycles. The first-order valence-corrected chi connectivity index (χ1v) is 6.77. The van der Waals surface area contributed by atoms with Crippen LogP contribution >= 0.6 is 31.9 Å². The van der Waals surface area contributed by atoms with Crippen molar-refractivity contribution in [1.82, 2.24) is 0 Å². The molecular formula is C10H14Br2O2. The van der Waals surface area contributed by atoms with Crippen LogP contribution < -0.4 is 0 Å². The van der Waals surface area contributed by atoms with E-state index in [0.29, 0.717) is 11.8 Å². The lowest BCUT2D eigenvalue weighted by Gasteiger charge is -2.26. The van der Waals surface area contributed by atoms with Gasteiger partial charge in [-0.2, -0.15) is 0 Å². The summed E-state index contributed by atoms with van der Waals surface area (Å²) >= 11 is 7.39. The molecule has 0 unspecified atom stereocenters. The van der Waals surface area contributed by atoms with Crippen LogP contribution in [0.2, 0.25) is 0 Å². The van der Waals surface area contributed by atoms with Crippen LogP contribution in [0, 0.1) is 11.8 Å². The molecule has 80 valence electrons. The second-order valence-electron chi connectivity index (χ2n) is 4.85. The minimum atomic E-state index is -0.251. The van der Waals surface area contributed by atoms with Crippen LogP contribution in [0.5, 0.6) is 0 Å². The Labute approximate surface area is 101 Å². The summed E-state index contributed by atoms with van der Waals surface area (Å²) in [6.45, 7) is 4.19. The molecule has 1 saturated heterocycles. The monoisotopic (exact) mass is 324 g/mol. The van der Waals surface area contributed by atoms with Crippen LogP contribution in [0.3, 0.4) is 0 Å². The summed E-state index contributed by atoms with van der Waals surface area (Å²) in [6.07, 6.45) is 2.55. The molecule has 0 radical (unpaired) electrons. The fourth-order valence-corrected chi connectivity index (χ4v) is 4.52. The fourth-order valence-electron chi connectivity index (χ4n) is 2.86. The Bertz CT molecular complexity index is 253. The van der Waals surface area contributed by atoms with Gasteiger partial charge in [0.2, 0.25) is 0 Å². The van der Waals surface area contributed by atoms with E-state index in [0.717, 1.165) is 12.8 Å². The van der Waals surface area contributed by atoms with Gasteiger partial charge in [0, 0.05) is 12.8 Å². The number of alkyl halides is 2. The van der Waals surface area contributed by atoms with Crippen molar-refractivity contribution >= 4 is 31.9 Å². The largest absolute Gasteiger partial charge is 0.344 e. The van der Waals surface area contributed by atoms with Gasteiger partial charge < -0.3 is 9.47 Å². The normalized spacial score (nSPS) is 52.3. The maximum absolute atomic E-state index is 5.95. The van der Waals surface area contributed by atoms with E-state index in [4.69, 9.17) is 9.47 Å². The summed E-state index contributed by atoms with van der Waals surface area (Å²) < 4.78 is 12.1. The van der Waals surface area contributed by atoms with Crippen molar-refractivity contribution in [2.45, 2.75) is 47.9 Å². The predicted octanol–water partition coefficient (Wildman–Crippen LogP) is 3.03. The highest BCUT2D eigenvalue weighted by Crippen LogP contribution is 2.72. The van der Waals surface area contributed by atoms with Crippen LogP contribution in [0.25, 0.3) is 0 Å². The van der Waals surface area contributed by atoms with E-state index in [1.54, 1.807) is 0 Å². The summed E-state index contributed by atoms with van der Waals surface area (Å²) in [6, 6.07) is 0. The lowest BCUT2D eigenvalue weighted by molar-refractivity contribution is -0.174. The minimum absolute atomic E-state index is 0.188. The number of ether oxygens (including phenoxy) is 2. The zero-order valence-electron chi connectivity index (χ0n) is 8.30. The van der Waals surface area contributed by atoms with Crippen molar-refractivity contribution in [3.63, 3.8) is 0 Å². The Kier molecular flexibility index (Phi) is 1.98. The lowest BCUT2D eigenvalue weighted by Crippen LogP contribution is -2.31. The van der Waals surface area contributed by atoms with Gasteiger partial charge in [-0.1, -0.05) is 31.9 Å². The third-order valence-electron chi connectivity index (χ3n) is 3.89. The molecule has 2 saturated carbocycles. The molecule has 4 heteroatoms. The number of fused-ring (bicyclic) bond motifs is 1. The van der Waals surface area contributed by atoms with Crippen LogP contribution in [0.15, 0.2) is 0 Å². The molecule has 1 spiro atoms. The Morgan fingerprint density at radius 2 is 1.43 bits per heavy atom. The van der Waals surface area contributed by atoms with E-state index in [1.165, 1.54) is 0 Å². The predicted molar refractivity (Wildman–Crippen MR) is 60.6 cm³/mol. The molecule has 3 aliphatic rings. The van der Waals surface area contributed by atoms with Gasteiger partial charge in [-0.05, 0) is 25.7 Å². The second kappa shape index (κ2) is 2.76. The molecule has 3 fully saturated rings. The van der Waals surface area contributed by atoms with Gasteiger partial charge >= 0.3 is 0 Å². The summed E-state index contributed by atoms with van der Waals surface area (Å²) in [7, 11) is 0.